The molecular formula is C25H28N2O7. The normalized spacial score (nSPS) is 17.5. The minimum absolute atomic E-state index is 0.0189. The van der Waals surface area contributed by atoms with Gasteiger partial charge in [-0.25, -0.2) is 0 Å². The van der Waals surface area contributed by atoms with Crippen molar-refractivity contribution in [3.05, 3.63) is 66.7 Å². The minimum atomic E-state index is -0.483. The summed E-state index contributed by atoms with van der Waals surface area (Å²) in [5, 5.41) is 23.4. The molecule has 0 bridgehead atoms. The van der Waals surface area contributed by atoms with Gasteiger partial charge in [-0.05, 0) is 34.8 Å². The number of carbonyl (C=O) groups is 1. The molecule has 0 saturated carbocycles. The van der Waals surface area contributed by atoms with Crippen molar-refractivity contribution < 1.29 is 24.1 Å². The van der Waals surface area contributed by atoms with Gasteiger partial charge in [0.15, 0.2) is 0 Å². The van der Waals surface area contributed by atoms with Crippen molar-refractivity contribution in [3.8, 4) is 11.5 Å². The zero-order valence-corrected chi connectivity index (χ0v) is 19.8. The van der Waals surface area contributed by atoms with E-state index in [1.54, 1.807) is 0 Å². The van der Waals surface area contributed by atoms with E-state index in [1.807, 2.05) is 39.8 Å². The highest BCUT2D eigenvalue weighted by Crippen LogP contribution is 2.45. The van der Waals surface area contributed by atoms with Crippen molar-refractivity contribution in [3.63, 3.8) is 0 Å². The largest absolute Gasteiger partial charge is 0.487 e. The van der Waals surface area contributed by atoms with Gasteiger partial charge in [0, 0.05) is 36.1 Å². The number of ketones is 1. The lowest BCUT2D eigenvalue weighted by molar-refractivity contribution is -0.386. The number of hydrogen-bond acceptors (Lipinski definition) is 7. The van der Waals surface area contributed by atoms with Crippen LogP contribution in [-0.4, -0.2) is 28.8 Å². The lowest BCUT2D eigenvalue weighted by Gasteiger charge is -2.32. The van der Waals surface area contributed by atoms with Crippen molar-refractivity contribution in [1.82, 2.24) is 0 Å². The predicted octanol–water partition coefficient (Wildman–Crippen LogP) is 4.98. The molecule has 0 aliphatic carbocycles. The second kappa shape index (κ2) is 8.38. The number of nitro groups is 2. The van der Waals surface area contributed by atoms with Crippen LogP contribution < -0.4 is 9.47 Å². The Morgan fingerprint density at radius 2 is 1.18 bits per heavy atom. The van der Waals surface area contributed by atoms with E-state index in [0.29, 0.717) is 37.2 Å². The van der Waals surface area contributed by atoms with E-state index < -0.39 is 9.85 Å². The molecule has 180 valence electrons. The number of benzene rings is 2. The third-order valence-corrected chi connectivity index (χ3v) is 6.86. The van der Waals surface area contributed by atoms with E-state index in [4.69, 9.17) is 9.47 Å². The van der Waals surface area contributed by atoms with Crippen LogP contribution in [0.4, 0.5) is 11.4 Å². The first kappa shape index (κ1) is 23.7. The van der Waals surface area contributed by atoms with E-state index in [1.165, 1.54) is 12.1 Å². The van der Waals surface area contributed by atoms with Gasteiger partial charge < -0.3 is 9.47 Å². The topological polar surface area (TPSA) is 122 Å². The Morgan fingerprint density at radius 1 is 0.794 bits per heavy atom. The first-order valence-electron chi connectivity index (χ1n) is 11.3. The maximum absolute atomic E-state index is 13.0. The summed E-state index contributed by atoms with van der Waals surface area (Å²) in [5.74, 6) is 0.350. The summed E-state index contributed by atoms with van der Waals surface area (Å²) in [4.78, 5) is 35.4. The zero-order valence-electron chi connectivity index (χ0n) is 19.8. The Labute approximate surface area is 197 Å². The van der Waals surface area contributed by atoms with Gasteiger partial charge in [-0.2, -0.15) is 0 Å². The van der Waals surface area contributed by atoms with Crippen LogP contribution in [0.5, 0.6) is 11.5 Å². The standard InChI is InChI=1S/C25H28N2O7/c1-24(2)5-7-33-22-18(24)11-15(13-20(22)26(29)30)9-17(28)10-16-12-19-23(21(14-16)27(31)32)34-8-6-25(19,3)4/h11-14H,5-10H2,1-4H3. The summed E-state index contributed by atoms with van der Waals surface area (Å²) >= 11 is 0. The summed E-state index contributed by atoms with van der Waals surface area (Å²) in [5.41, 5.74) is 1.59. The van der Waals surface area contributed by atoms with Gasteiger partial charge in [0.05, 0.1) is 23.1 Å². The molecule has 9 nitrogen and oxygen atoms in total. The average molecular weight is 469 g/mol. The molecule has 2 aromatic carbocycles. The van der Waals surface area contributed by atoms with Crippen molar-refractivity contribution in [2.75, 3.05) is 13.2 Å². The fourth-order valence-electron chi connectivity index (χ4n) is 4.73. The maximum atomic E-state index is 13.0. The minimum Gasteiger partial charge on any atom is -0.487 e. The molecule has 9 heteroatoms. The van der Waals surface area contributed by atoms with Crippen LogP contribution in [-0.2, 0) is 28.5 Å². The second-order valence-electron chi connectivity index (χ2n) is 10.4. The molecule has 4 rings (SSSR count). The van der Waals surface area contributed by atoms with Crippen molar-refractivity contribution >= 4 is 17.2 Å². The number of hydrogen-bond donors (Lipinski definition) is 0. The lowest BCUT2D eigenvalue weighted by Crippen LogP contribution is -2.28. The Balaban J connectivity index is 1.65. The number of ether oxygens (including phenoxy) is 2. The number of Topliss-reactive ketones (excluding diaryl/α,β-unsaturated/α-hetero) is 1. The van der Waals surface area contributed by atoms with E-state index in [0.717, 1.165) is 11.1 Å². The molecule has 2 aliphatic rings. The van der Waals surface area contributed by atoms with Gasteiger partial charge in [-0.3, -0.25) is 25.0 Å². The van der Waals surface area contributed by atoms with E-state index >= 15 is 0 Å². The maximum Gasteiger partial charge on any atom is 0.311 e. The molecule has 0 radical (unpaired) electrons. The van der Waals surface area contributed by atoms with Crippen LogP contribution in [0.2, 0.25) is 0 Å². The highest BCUT2D eigenvalue weighted by atomic mass is 16.6. The van der Waals surface area contributed by atoms with Crippen LogP contribution in [0.15, 0.2) is 24.3 Å². The monoisotopic (exact) mass is 468 g/mol. The SMILES string of the molecule is CC1(C)CCOc2c([N+](=O)[O-])cc(CC(=O)Cc3cc([N+](=O)[O-])c4c(c3)C(C)(C)CCO4)cc21. The van der Waals surface area contributed by atoms with Gasteiger partial charge in [-0.1, -0.05) is 39.8 Å². The van der Waals surface area contributed by atoms with E-state index in [9.17, 15) is 25.0 Å². The third kappa shape index (κ3) is 4.34. The Hall–Kier alpha value is -3.49. The highest BCUT2D eigenvalue weighted by molar-refractivity contribution is 5.84. The summed E-state index contributed by atoms with van der Waals surface area (Å²) in [6.45, 7) is 8.80. The molecule has 2 aliphatic heterocycles. The molecule has 2 aromatic rings. The third-order valence-electron chi connectivity index (χ3n) is 6.86. The average Bonchev–Trinajstić information content (AvgIpc) is 2.73. The fourth-order valence-corrected chi connectivity index (χ4v) is 4.73. The fraction of sp³-hybridized carbons (Fsp3) is 0.480. The molecule has 0 saturated heterocycles. The summed E-state index contributed by atoms with van der Waals surface area (Å²) in [6, 6.07) is 6.41. The molecule has 0 N–H and O–H groups in total. The van der Waals surface area contributed by atoms with Crippen molar-refractivity contribution in [2.45, 2.75) is 64.2 Å². The first-order valence-corrected chi connectivity index (χ1v) is 11.3. The second-order valence-corrected chi connectivity index (χ2v) is 10.4. The number of carbonyl (C=O) groups excluding carboxylic acids is 1. The van der Waals surface area contributed by atoms with Crippen LogP contribution in [0.25, 0.3) is 0 Å². The Bertz CT molecular complexity index is 1110. The molecule has 0 atom stereocenters. The molecule has 0 aromatic heterocycles. The molecule has 0 fully saturated rings. The number of rotatable bonds is 6. The number of nitrogens with zero attached hydrogens (tertiary/aromatic N) is 2. The molecule has 0 amide bonds. The molecule has 34 heavy (non-hydrogen) atoms. The van der Waals surface area contributed by atoms with Gasteiger partial charge in [0.1, 0.15) is 5.78 Å². The van der Waals surface area contributed by atoms with Gasteiger partial charge in [0.25, 0.3) is 0 Å². The smallest absolute Gasteiger partial charge is 0.311 e. The Kier molecular flexibility index (Phi) is 5.83. The molecule has 0 unspecified atom stereocenters. The first-order chi connectivity index (χ1) is 15.9. The lowest BCUT2D eigenvalue weighted by atomic mass is 9.78. The highest BCUT2D eigenvalue weighted by Gasteiger charge is 2.36. The van der Waals surface area contributed by atoms with Crippen LogP contribution in [0.1, 0.15) is 62.8 Å². The molecule has 2 heterocycles. The van der Waals surface area contributed by atoms with Crippen molar-refractivity contribution in [2.24, 2.45) is 0 Å². The van der Waals surface area contributed by atoms with E-state index in [-0.39, 0.29) is 52.3 Å². The predicted molar refractivity (Wildman–Crippen MR) is 125 cm³/mol. The quantitative estimate of drug-likeness (QED) is 0.433. The molecule has 0 spiro atoms. The van der Waals surface area contributed by atoms with Gasteiger partial charge in [-0.15, -0.1) is 0 Å². The van der Waals surface area contributed by atoms with Crippen LogP contribution >= 0.6 is 0 Å². The Morgan fingerprint density at radius 3 is 1.53 bits per heavy atom. The molecular weight excluding hydrogens is 440 g/mol. The van der Waals surface area contributed by atoms with Gasteiger partial charge >= 0.3 is 11.4 Å². The summed E-state index contributed by atoms with van der Waals surface area (Å²) in [6.07, 6.45) is 1.39. The van der Waals surface area contributed by atoms with Crippen LogP contribution in [0, 0.1) is 20.2 Å². The van der Waals surface area contributed by atoms with Crippen LogP contribution in [0.3, 0.4) is 0 Å². The van der Waals surface area contributed by atoms with Gasteiger partial charge in [0.2, 0.25) is 11.5 Å². The number of nitro benzene ring substituents is 2. The van der Waals surface area contributed by atoms with Crippen molar-refractivity contribution in [1.29, 1.82) is 0 Å². The number of fused-ring (bicyclic) bond motifs is 2. The van der Waals surface area contributed by atoms with E-state index in [2.05, 4.69) is 0 Å². The summed E-state index contributed by atoms with van der Waals surface area (Å²) < 4.78 is 11.2. The summed E-state index contributed by atoms with van der Waals surface area (Å²) in [7, 11) is 0. The zero-order chi connectivity index (χ0) is 24.8.